The van der Waals surface area contributed by atoms with Gasteiger partial charge in [0.25, 0.3) is 0 Å². The summed E-state index contributed by atoms with van der Waals surface area (Å²) in [4.78, 5) is 33.7. The highest BCUT2D eigenvalue weighted by molar-refractivity contribution is 5.94. The molecular weight excluding hydrogens is 426 g/mol. The summed E-state index contributed by atoms with van der Waals surface area (Å²) in [7, 11) is 1.69. The van der Waals surface area contributed by atoms with Crippen molar-refractivity contribution in [3.8, 4) is 5.69 Å². The molecule has 2 aromatic heterocycles. The maximum Gasteiger partial charge on any atom is 0.336 e. The monoisotopic (exact) mass is 453 g/mol. The van der Waals surface area contributed by atoms with Crippen LogP contribution in [0.1, 0.15) is 38.0 Å². The van der Waals surface area contributed by atoms with Gasteiger partial charge in [0.15, 0.2) is 0 Å². The van der Waals surface area contributed by atoms with Gasteiger partial charge in [-0.15, -0.1) is 5.10 Å². The predicted molar refractivity (Wildman–Crippen MR) is 115 cm³/mol. The zero-order valence-electron chi connectivity index (χ0n) is 18.8. The van der Waals surface area contributed by atoms with Crippen molar-refractivity contribution in [3.63, 3.8) is 0 Å². The molecule has 2 aromatic rings. The summed E-state index contributed by atoms with van der Waals surface area (Å²) in [6, 6.07) is 3.84. The number of methoxy groups -OCH3 is 1. The average Bonchev–Trinajstić information content (AvgIpc) is 3.56. The van der Waals surface area contributed by atoms with Crippen molar-refractivity contribution in [1.82, 2.24) is 35.0 Å². The molecule has 1 atom stereocenters. The summed E-state index contributed by atoms with van der Waals surface area (Å²) < 4.78 is 12.4. The normalized spacial score (nSPS) is 21.8. The minimum absolute atomic E-state index is 0.137. The fourth-order valence-electron chi connectivity index (χ4n) is 4.98. The first-order chi connectivity index (χ1) is 16.0. The van der Waals surface area contributed by atoms with Gasteiger partial charge in [0.2, 0.25) is 5.91 Å². The standard InChI is InChI=1S/C22H27N7O4/c1-15-18(13-33-20(15)30)28-10-7-22(21(28)31)5-8-27(9-6-22)12-19(32-2)17-4-3-16(11-23-17)29-14-24-25-26-29/h3-4,11,14,19H,5-10,12-13H2,1-2H3. The van der Waals surface area contributed by atoms with Gasteiger partial charge in [0.1, 0.15) is 19.0 Å². The average molecular weight is 454 g/mol. The van der Waals surface area contributed by atoms with Gasteiger partial charge in [-0.2, -0.15) is 4.68 Å². The van der Waals surface area contributed by atoms with Crippen LogP contribution >= 0.6 is 0 Å². The van der Waals surface area contributed by atoms with Crippen molar-refractivity contribution >= 4 is 11.9 Å². The number of ether oxygens (including phenoxy) is 2. The number of piperidine rings is 1. The zero-order valence-corrected chi connectivity index (χ0v) is 18.8. The Bertz CT molecular complexity index is 1060. The van der Waals surface area contributed by atoms with Crippen LogP contribution in [0.15, 0.2) is 35.9 Å². The van der Waals surface area contributed by atoms with E-state index in [1.54, 1.807) is 29.8 Å². The van der Waals surface area contributed by atoms with E-state index in [0.717, 1.165) is 49.4 Å². The first-order valence-corrected chi connectivity index (χ1v) is 11.1. The summed E-state index contributed by atoms with van der Waals surface area (Å²) >= 11 is 0. The third-order valence-electron chi connectivity index (χ3n) is 7.15. The topological polar surface area (TPSA) is 116 Å². The fourth-order valence-corrected chi connectivity index (χ4v) is 4.98. The second kappa shape index (κ2) is 8.64. The number of cyclic esters (lactones) is 1. The smallest absolute Gasteiger partial charge is 0.336 e. The number of hydrogen-bond donors (Lipinski definition) is 0. The van der Waals surface area contributed by atoms with Crippen LogP contribution in [0.2, 0.25) is 0 Å². The third kappa shape index (κ3) is 3.91. The van der Waals surface area contributed by atoms with Gasteiger partial charge >= 0.3 is 5.97 Å². The molecule has 2 fully saturated rings. The molecule has 0 N–H and O–H groups in total. The number of pyridine rings is 1. The number of likely N-dealkylation sites (tertiary alicyclic amines) is 2. The molecule has 3 aliphatic rings. The lowest BCUT2D eigenvalue weighted by atomic mass is 9.77. The van der Waals surface area contributed by atoms with Gasteiger partial charge in [-0.05, 0) is 61.8 Å². The number of carbonyl (C=O) groups excluding carboxylic acids is 2. The quantitative estimate of drug-likeness (QED) is 0.588. The highest BCUT2D eigenvalue weighted by atomic mass is 16.5. The SMILES string of the molecule is COC(CN1CCC2(CC1)CCN(C1=C(C)C(=O)OC1)C2=O)c1ccc(-n2cnnn2)cn1. The van der Waals surface area contributed by atoms with E-state index in [1.807, 2.05) is 12.1 Å². The van der Waals surface area contributed by atoms with E-state index in [4.69, 9.17) is 9.47 Å². The molecule has 5 heterocycles. The van der Waals surface area contributed by atoms with Gasteiger partial charge in [-0.25, -0.2) is 4.79 Å². The minimum Gasteiger partial charge on any atom is -0.456 e. The molecule has 174 valence electrons. The Morgan fingerprint density at radius 1 is 1.18 bits per heavy atom. The van der Waals surface area contributed by atoms with Gasteiger partial charge in [0, 0.05) is 20.2 Å². The summed E-state index contributed by atoms with van der Waals surface area (Å²) in [5.74, 6) is -0.184. The summed E-state index contributed by atoms with van der Waals surface area (Å²) in [6.45, 7) is 4.92. The highest BCUT2D eigenvalue weighted by Crippen LogP contribution is 2.44. The Balaban J connectivity index is 1.20. The molecule has 5 rings (SSSR count). The Morgan fingerprint density at radius 2 is 1.97 bits per heavy atom. The number of esters is 1. The van der Waals surface area contributed by atoms with Crippen molar-refractivity contribution in [2.24, 2.45) is 5.41 Å². The van der Waals surface area contributed by atoms with Crippen molar-refractivity contribution < 1.29 is 19.1 Å². The van der Waals surface area contributed by atoms with Crippen LogP contribution in [0.5, 0.6) is 0 Å². The van der Waals surface area contributed by atoms with E-state index in [2.05, 4.69) is 25.4 Å². The number of nitrogens with zero attached hydrogens (tertiary/aromatic N) is 7. The van der Waals surface area contributed by atoms with E-state index >= 15 is 0 Å². The molecule has 0 aliphatic carbocycles. The second-order valence-corrected chi connectivity index (χ2v) is 8.86. The van der Waals surface area contributed by atoms with Crippen LogP contribution in [-0.4, -0.2) is 86.8 Å². The van der Waals surface area contributed by atoms with Crippen LogP contribution in [0.4, 0.5) is 0 Å². The molecule has 1 unspecified atom stereocenters. The van der Waals surface area contributed by atoms with Crippen molar-refractivity contribution in [2.75, 3.05) is 39.9 Å². The van der Waals surface area contributed by atoms with Crippen LogP contribution in [0.3, 0.4) is 0 Å². The van der Waals surface area contributed by atoms with Crippen LogP contribution in [-0.2, 0) is 19.1 Å². The first kappa shape index (κ1) is 21.7. The number of rotatable bonds is 6. The largest absolute Gasteiger partial charge is 0.456 e. The molecule has 0 saturated carbocycles. The molecule has 3 aliphatic heterocycles. The second-order valence-electron chi connectivity index (χ2n) is 8.86. The molecule has 0 aromatic carbocycles. The van der Waals surface area contributed by atoms with Crippen molar-refractivity contribution in [2.45, 2.75) is 32.3 Å². The van der Waals surface area contributed by atoms with E-state index in [-0.39, 0.29) is 30.0 Å². The molecule has 11 heteroatoms. The summed E-state index contributed by atoms with van der Waals surface area (Å²) in [5, 5.41) is 11.2. The molecular formula is C22H27N7O4. The Labute approximate surface area is 191 Å². The third-order valence-corrected chi connectivity index (χ3v) is 7.15. The van der Waals surface area contributed by atoms with Crippen molar-refractivity contribution in [1.29, 1.82) is 0 Å². The van der Waals surface area contributed by atoms with E-state index in [0.29, 0.717) is 18.7 Å². The predicted octanol–water partition coefficient (Wildman–Crippen LogP) is 0.890. The van der Waals surface area contributed by atoms with Gasteiger partial charge in [0.05, 0.1) is 34.3 Å². The molecule has 11 nitrogen and oxygen atoms in total. The van der Waals surface area contributed by atoms with Gasteiger partial charge in [-0.3, -0.25) is 9.78 Å². The van der Waals surface area contributed by atoms with Gasteiger partial charge in [-0.1, -0.05) is 0 Å². The minimum atomic E-state index is -0.344. The Kier molecular flexibility index (Phi) is 5.67. The molecule has 0 bridgehead atoms. The van der Waals surface area contributed by atoms with Crippen molar-refractivity contribution in [3.05, 3.63) is 41.6 Å². The molecule has 0 radical (unpaired) electrons. The van der Waals surface area contributed by atoms with Gasteiger partial charge < -0.3 is 19.3 Å². The maximum atomic E-state index is 13.3. The van der Waals surface area contributed by atoms with E-state index in [1.165, 1.54) is 6.33 Å². The highest BCUT2D eigenvalue weighted by Gasteiger charge is 2.50. The number of aromatic nitrogens is 5. The van der Waals surface area contributed by atoms with E-state index in [9.17, 15) is 9.59 Å². The number of carbonyl (C=O) groups is 2. The Hall–Kier alpha value is -3.18. The Morgan fingerprint density at radius 3 is 2.58 bits per heavy atom. The lowest BCUT2D eigenvalue weighted by Gasteiger charge is -2.39. The van der Waals surface area contributed by atoms with Crippen LogP contribution in [0, 0.1) is 5.41 Å². The summed E-state index contributed by atoms with van der Waals surface area (Å²) in [6.07, 6.45) is 5.49. The fraction of sp³-hybridized carbons (Fsp3) is 0.545. The first-order valence-electron chi connectivity index (χ1n) is 11.1. The lowest BCUT2D eigenvalue weighted by Crippen LogP contribution is -2.45. The molecule has 1 spiro atoms. The van der Waals surface area contributed by atoms with Crippen LogP contribution < -0.4 is 0 Å². The number of tetrazole rings is 1. The van der Waals surface area contributed by atoms with E-state index < -0.39 is 0 Å². The molecule has 33 heavy (non-hydrogen) atoms. The zero-order chi connectivity index (χ0) is 23.0. The number of amides is 1. The number of hydrogen-bond acceptors (Lipinski definition) is 9. The maximum absolute atomic E-state index is 13.3. The lowest BCUT2D eigenvalue weighted by molar-refractivity contribution is -0.138. The molecule has 2 saturated heterocycles. The molecule has 1 amide bonds. The van der Waals surface area contributed by atoms with Crippen LogP contribution in [0.25, 0.3) is 5.69 Å². The summed E-state index contributed by atoms with van der Waals surface area (Å²) in [5.41, 5.74) is 2.57.